The third kappa shape index (κ3) is 3.69. The van der Waals surface area contributed by atoms with Crippen molar-refractivity contribution in [1.29, 1.82) is 0 Å². The lowest BCUT2D eigenvalue weighted by molar-refractivity contribution is 0.593. The molecule has 1 nitrogen and oxygen atoms in total. The van der Waals surface area contributed by atoms with Crippen molar-refractivity contribution < 1.29 is 4.39 Å². The highest BCUT2D eigenvalue weighted by atomic mass is 79.9. The third-order valence-corrected chi connectivity index (χ3v) is 3.88. The normalized spacial score (nSPS) is 12.5. The first kappa shape index (κ1) is 14.8. The second-order valence-electron chi connectivity index (χ2n) is 4.21. The fraction of sp³-hybridized carbons (Fsp3) is 0.143. The van der Waals surface area contributed by atoms with Crippen LogP contribution < -0.4 is 5.73 Å². The Morgan fingerprint density at radius 3 is 2.63 bits per heavy atom. The molecule has 0 aliphatic carbocycles. The maximum Gasteiger partial charge on any atom is 0.126 e. The van der Waals surface area contributed by atoms with E-state index in [4.69, 9.17) is 28.9 Å². The lowest BCUT2D eigenvalue weighted by Crippen LogP contribution is -2.14. The van der Waals surface area contributed by atoms with E-state index in [0.29, 0.717) is 22.0 Å². The number of halogens is 4. The quantitative estimate of drug-likeness (QED) is 0.803. The van der Waals surface area contributed by atoms with Gasteiger partial charge in [-0.05, 0) is 53.9 Å². The molecular formula is C14H11BrCl2FN. The van der Waals surface area contributed by atoms with Crippen molar-refractivity contribution >= 4 is 39.1 Å². The van der Waals surface area contributed by atoms with Crippen LogP contribution in [-0.4, -0.2) is 0 Å². The van der Waals surface area contributed by atoms with Crippen LogP contribution in [0.25, 0.3) is 0 Å². The molecule has 0 heterocycles. The van der Waals surface area contributed by atoms with Gasteiger partial charge in [0.2, 0.25) is 0 Å². The van der Waals surface area contributed by atoms with Crippen LogP contribution in [-0.2, 0) is 6.42 Å². The van der Waals surface area contributed by atoms with E-state index in [1.807, 2.05) is 12.1 Å². The molecule has 1 atom stereocenters. The molecule has 0 bridgehead atoms. The van der Waals surface area contributed by atoms with E-state index < -0.39 is 6.04 Å². The van der Waals surface area contributed by atoms with Crippen LogP contribution in [0.3, 0.4) is 0 Å². The molecule has 5 heteroatoms. The average Bonchev–Trinajstić information content (AvgIpc) is 2.36. The summed E-state index contributed by atoms with van der Waals surface area (Å²) in [6.07, 6.45) is 0.336. The van der Waals surface area contributed by atoms with Gasteiger partial charge in [0, 0.05) is 20.6 Å². The highest BCUT2D eigenvalue weighted by molar-refractivity contribution is 9.10. The van der Waals surface area contributed by atoms with E-state index in [1.54, 1.807) is 12.1 Å². The summed E-state index contributed by atoms with van der Waals surface area (Å²) in [6.45, 7) is 0. The Bertz CT molecular complexity index is 604. The monoisotopic (exact) mass is 361 g/mol. The molecule has 0 saturated heterocycles. The van der Waals surface area contributed by atoms with Gasteiger partial charge in [-0.25, -0.2) is 4.39 Å². The molecule has 2 rings (SSSR count). The molecule has 1 unspecified atom stereocenters. The minimum absolute atomic E-state index is 0.314. The van der Waals surface area contributed by atoms with Gasteiger partial charge in [0.1, 0.15) is 5.82 Å². The maximum absolute atomic E-state index is 13.7. The summed E-state index contributed by atoms with van der Waals surface area (Å²) in [4.78, 5) is 0. The number of nitrogens with two attached hydrogens (primary N) is 1. The zero-order chi connectivity index (χ0) is 14.0. The molecule has 0 saturated carbocycles. The van der Waals surface area contributed by atoms with Gasteiger partial charge in [-0.3, -0.25) is 0 Å². The topological polar surface area (TPSA) is 26.0 Å². The largest absolute Gasteiger partial charge is 0.324 e. The van der Waals surface area contributed by atoms with E-state index in [9.17, 15) is 4.39 Å². The highest BCUT2D eigenvalue weighted by Crippen LogP contribution is 2.28. The lowest BCUT2D eigenvalue weighted by Gasteiger charge is -2.15. The van der Waals surface area contributed by atoms with Gasteiger partial charge in [0.25, 0.3) is 0 Å². The molecular weight excluding hydrogens is 352 g/mol. The third-order valence-electron chi connectivity index (χ3n) is 2.81. The number of benzene rings is 2. The molecule has 0 aliphatic rings. The Morgan fingerprint density at radius 2 is 1.89 bits per heavy atom. The van der Waals surface area contributed by atoms with Gasteiger partial charge in [0.05, 0.1) is 0 Å². The van der Waals surface area contributed by atoms with Gasteiger partial charge < -0.3 is 5.73 Å². The molecule has 0 spiro atoms. The summed E-state index contributed by atoms with van der Waals surface area (Å²) in [5.74, 6) is -0.314. The maximum atomic E-state index is 13.7. The minimum atomic E-state index is -0.391. The molecule has 2 aromatic carbocycles. The highest BCUT2D eigenvalue weighted by Gasteiger charge is 2.14. The van der Waals surface area contributed by atoms with Crippen molar-refractivity contribution in [3.05, 3.63) is 67.9 Å². The molecule has 19 heavy (non-hydrogen) atoms. The average molecular weight is 363 g/mol. The van der Waals surface area contributed by atoms with Crippen molar-refractivity contribution in [2.45, 2.75) is 12.5 Å². The summed E-state index contributed by atoms with van der Waals surface area (Å²) >= 11 is 15.3. The predicted molar refractivity (Wildman–Crippen MR) is 81.2 cm³/mol. The van der Waals surface area contributed by atoms with E-state index in [0.717, 1.165) is 10.0 Å². The molecule has 100 valence electrons. The number of hydrogen-bond donors (Lipinski definition) is 1. The Kier molecular flexibility index (Phi) is 4.85. The van der Waals surface area contributed by atoms with Gasteiger partial charge in [0.15, 0.2) is 0 Å². The summed E-state index contributed by atoms with van der Waals surface area (Å²) in [5.41, 5.74) is 7.36. The zero-order valence-corrected chi connectivity index (χ0v) is 12.9. The van der Waals surface area contributed by atoms with Crippen LogP contribution in [0.1, 0.15) is 17.2 Å². The standard InChI is InChI=1S/C14H11BrCl2FN/c15-9-1-3-12(17)11(7-9)14(19)6-8-5-10(16)2-4-13(8)18/h1-5,7,14H,6,19H2. The first-order valence-corrected chi connectivity index (χ1v) is 7.16. The van der Waals surface area contributed by atoms with Crippen LogP contribution >= 0.6 is 39.1 Å². The van der Waals surface area contributed by atoms with Crippen molar-refractivity contribution in [3.63, 3.8) is 0 Å². The van der Waals surface area contributed by atoms with Crippen molar-refractivity contribution in [3.8, 4) is 0 Å². The fourth-order valence-electron chi connectivity index (χ4n) is 1.85. The van der Waals surface area contributed by atoms with Crippen LogP contribution in [0.15, 0.2) is 40.9 Å². The van der Waals surface area contributed by atoms with Crippen molar-refractivity contribution in [2.24, 2.45) is 5.73 Å². The van der Waals surface area contributed by atoms with Crippen LogP contribution in [0.5, 0.6) is 0 Å². The Hall–Kier alpha value is -0.610. The Balaban J connectivity index is 2.27. The zero-order valence-electron chi connectivity index (χ0n) is 9.84. The van der Waals surface area contributed by atoms with Crippen LogP contribution in [0.4, 0.5) is 4.39 Å². The van der Waals surface area contributed by atoms with Gasteiger partial charge >= 0.3 is 0 Å². The predicted octanol–water partition coefficient (Wildman–Crippen LogP) is 5.14. The number of rotatable bonds is 3. The van der Waals surface area contributed by atoms with E-state index in [1.165, 1.54) is 12.1 Å². The minimum Gasteiger partial charge on any atom is -0.324 e. The molecule has 0 radical (unpaired) electrons. The molecule has 0 aromatic heterocycles. The second-order valence-corrected chi connectivity index (χ2v) is 5.97. The van der Waals surface area contributed by atoms with E-state index in [2.05, 4.69) is 15.9 Å². The molecule has 0 fully saturated rings. The Labute approximate surface area is 129 Å². The fourth-order valence-corrected chi connectivity index (χ4v) is 2.68. The molecule has 0 amide bonds. The first-order valence-electron chi connectivity index (χ1n) is 5.62. The van der Waals surface area contributed by atoms with E-state index in [-0.39, 0.29) is 5.82 Å². The summed E-state index contributed by atoms with van der Waals surface area (Å²) in [7, 11) is 0. The second kappa shape index (κ2) is 6.23. The summed E-state index contributed by atoms with van der Waals surface area (Å²) in [6, 6.07) is 9.48. The molecule has 0 aliphatic heterocycles. The summed E-state index contributed by atoms with van der Waals surface area (Å²) < 4.78 is 14.6. The van der Waals surface area contributed by atoms with Crippen LogP contribution in [0, 0.1) is 5.82 Å². The molecule has 2 N–H and O–H groups in total. The van der Waals surface area contributed by atoms with Gasteiger partial charge in [-0.1, -0.05) is 39.1 Å². The van der Waals surface area contributed by atoms with Crippen molar-refractivity contribution in [1.82, 2.24) is 0 Å². The van der Waals surface area contributed by atoms with Gasteiger partial charge in [-0.2, -0.15) is 0 Å². The summed E-state index contributed by atoms with van der Waals surface area (Å²) in [5, 5.41) is 1.06. The SMILES string of the molecule is NC(Cc1cc(Cl)ccc1F)c1cc(Br)ccc1Cl. The smallest absolute Gasteiger partial charge is 0.126 e. The van der Waals surface area contributed by atoms with Gasteiger partial charge in [-0.15, -0.1) is 0 Å². The van der Waals surface area contributed by atoms with E-state index >= 15 is 0 Å². The van der Waals surface area contributed by atoms with Crippen LogP contribution in [0.2, 0.25) is 10.0 Å². The molecule has 2 aromatic rings. The first-order chi connectivity index (χ1) is 8.97. The lowest BCUT2D eigenvalue weighted by atomic mass is 9.99. The number of hydrogen-bond acceptors (Lipinski definition) is 1. The Morgan fingerprint density at radius 1 is 1.16 bits per heavy atom. The van der Waals surface area contributed by atoms with Crippen molar-refractivity contribution in [2.75, 3.05) is 0 Å².